The molecule has 0 aliphatic rings. The van der Waals surface area contributed by atoms with Crippen molar-refractivity contribution in [2.75, 3.05) is 19.5 Å². The van der Waals surface area contributed by atoms with Gasteiger partial charge in [-0.15, -0.1) is 11.3 Å². The third-order valence-electron chi connectivity index (χ3n) is 4.23. The van der Waals surface area contributed by atoms with Crippen molar-refractivity contribution in [1.29, 1.82) is 0 Å². The summed E-state index contributed by atoms with van der Waals surface area (Å²) < 4.78 is 10.6. The molecule has 0 unspecified atom stereocenters. The van der Waals surface area contributed by atoms with Crippen LogP contribution in [0.2, 0.25) is 0 Å². The van der Waals surface area contributed by atoms with Gasteiger partial charge in [0, 0.05) is 17.3 Å². The molecule has 0 aliphatic carbocycles. The number of carbonyl (C=O) groups is 1. The molecule has 0 atom stereocenters. The van der Waals surface area contributed by atoms with E-state index in [1.54, 1.807) is 44.0 Å². The minimum atomic E-state index is -0.980. The van der Waals surface area contributed by atoms with E-state index in [0.717, 1.165) is 10.5 Å². The van der Waals surface area contributed by atoms with E-state index in [9.17, 15) is 4.79 Å². The number of aromatic carboxylic acids is 1. The number of rotatable bonds is 6. The first kappa shape index (κ1) is 18.6. The van der Waals surface area contributed by atoms with Crippen LogP contribution in [0, 0.1) is 0 Å². The highest BCUT2D eigenvalue weighted by atomic mass is 32.1. The van der Waals surface area contributed by atoms with Crippen LogP contribution in [0.25, 0.3) is 21.7 Å². The van der Waals surface area contributed by atoms with Gasteiger partial charge in [0.05, 0.1) is 25.3 Å². The summed E-state index contributed by atoms with van der Waals surface area (Å²) in [7, 11) is 3.15. The van der Waals surface area contributed by atoms with Crippen LogP contribution in [0.15, 0.2) is 48.0 Å². The lowest BCUT2D eigenvalue weighted by molar-refractivity contribution is 0.0697. The number of fused-ring (bicyclic) bond motifs is 1. The van der Waals surface area contributed by atoms with E-state index >= 15 is 0 Å². The Hall–Kier alpha value is -3.72. The van der Waals surface area contributed by atoms with Gasteiger partial charge in [0.2, 0.25) is 0 Å². The molecule has 0 radical (unpaired) electrons. The second-order valence-electron chi connectivity index (χ2n) is 5.98. The second kappa shape index (κ2) is 7.72. The first-order valence-corrected chi connectivity index (χ1v) is 9.41. The molecule has 0 spiro atoms. The zero-order valence-corrected chi connectivity index (χ0v) is 16.4. The molecule has 146 valence electrons. The maximum Gasteiger partial charge on any atom is 0.335 e. The number of carboxylic acid groups (broad SMARTS) is 1. The monoisotopic (exact) mass is 408 g/mol. The first-order chi connectivity index (χ1) is 14.1. The van der Waals surface area contributed by atoms with Crippen molar-refractivity contribution in [2.45, 2.75) is 0 Å². The summed E-state index contributed by atoms with van der Waals surface area (Å²) >= 11 is 1.40. The number of aromatic nitrogens is 3. The number of hydrogen-bond donors (Lipinski definition) is 2. The number of nitrogens with zero attached hydrogens (tertiary/aromatic N) is 3. The standard InChI is InChI=1S/C20H16N4O4S/c1-27-14-8-7-13(9-15(14)28-2)22-18-16-19(29-10-21-16)24-17(23-18)11-3-5-12(6-4-11)20(25)26/h3-10H,1-2H3,(H,25,26)(H,22,23,24). The molecule has 0 amide bonds. The molecule has 0 aliphatic heterocycles. The number of methoxy groups -OCH3 is 2. The number of hydrogen-bond acceptors (Lipinski definition) is 8. The third-order valence-corrected chi connectivity index (χ3v) is 4.95. The lowest BCUT2D eigenvalue weighted by Gasteiger charge is -2.12. The molecule has 2 heterocycles. The van der Waals surface area contributed by atoms with Gasteiger partial charge in [-0.2, -0.15) is 0 Å². The summed E-state index contributed by atoms with van der Waals surface area (Å²) in [4.78, 5) is 25.3. The van der Waals surface area contributed by atoms with Crippen molar-refractivity contribution >= 4 is 39.2 Å². The van der Waals surface area contributed by atoms with Crippen LogP contribution < -0.4 is 14.8 Å². The molecule has 29 heavy (non-hydrogen) atoms. The highest BCUT2D eigenvalue weighted by Crippen LogP contribution is 2.33. The Morgan fingerprint density at radius 2 is 1.79 bits per heavy atom. The topological polar surface area (TPSA) is 106 Å². The molecule has 2 aromatic carbocycles. The van der Waals surface area contributed by atoms with Crippen LogP contribution in [0.5, 0.6) is 11.5 Å². The van der Waals surface area contributed by atoms with E-state index in [1.165, 1.54) is 23.5 Å². The fourth-order valence-electron chi connectivity index (χ4n) is 2.79. The van der Waals surface area contributed by atoms with Crippen molar-refractivity contribution in [3.8, 4) is 22.9 Å². The van der Waals surface area contributed by atoms with Crippen LogP contribution in [-0.4, -0.2) is 40.2 Å². The van der Waals surface area contributed by atoms with Crippen LogP contribution >= 0.6 is 11.3 Å². The maximum atomic E-state index is 11.1. The van der Waals surface area contributed by atoms with Crippen molar-refractivity contribution in [3.05, 3.63) is 53.5 Å². The fourth-order valence-corrected chi connectivity index (χ4v) is 3.45. The van der Waals surface area contributed by atoms with Crippen LogP contribution in [0.3, 0.4) is 0 Å². The van der Waals surface area contributed by atoms with Crippen LogP contribution in [0.4, 0.5) is 11.5 Å². The van der Waals surface area contributed by atoms with Gasteiger partial charge in [-0.05, 0) is 24.3 Å². The van der Waals surface area contributed by atoms with E-state index in [0.29, 0.717) is 34.2 Å². The fraction of sp³-hybridized carbons (Fsp3) is 0.100. The van der Waals surface area contributed by atoms with Gasteiger partial charge in [0.1, 0.15) is 10.3 Å². The predicted molar refractivity (Wildman–Crippen MR) is 110 cm³/mol. The molecule has 2 aromatic heterocycles. The molecule has 0 fully saturated rings. The zero-order valence-electron chi connectivity index (χ0n) is 15.5. The van der Waals surface area contributed by atoms with Gasteiger partial charge < -0.3 is 19.9 Å². The lowest BCUT2D eigenvalue weighted by Crippen LogP contribution is -2.00. The Labute approximate surface area is 169 Å². The second-order valence-corrected chi connectivity index (χ2v) is 6.81. The van der Waals surface area contributed by atoms with E-state index < -0.39 is 5.97 Å². The molecule has 4 rings (SSSR count). The molecule has 4 aromatic rings. The largest absolute Gasteiger partial charge is 0.493 e. The smallest absolute Gasteiger partial charge is 0.335 e. The molecule has 0 saturated heterocycles. The van der Waals surface area contributed by atoms with E-state index in [-0.39, 0.29) is 5.56 Å². The molecule has 2 N–H and O–H groups in total. The van der Waals surface area contributed by atoms with E-state index in [1.807, 2.05) is 6.07 Å². The Bertz CT molecular complexity index is 1190. The van der Waals surface area contributed by atoms with Crippen molar-refractivity contribution in [1.82, 2.24) is 15.0 Å². The summed E-state index contributed by atoms with van der Waals surface area (Å²) in [5.41, 5.74) is 4.02. The summed E-state index contributed by atoms with van der Waals surface area (Å²) in [6, 6.07) is 11.9. The highest BCUT2D eigenvalue weighted by Gasteiger charge is 2.14. The first-order valence-electron chi connectivity index (χ1n) is 8.53. The van der Waals surface area contributed by atoms with Gasteiger partial charge in [0.15, 0.2) is 23.1 Å². The van der Waals surface area contributed by atoms with Gasteiger partial charge in [-0.3, -0.25) is 0 Å². The Balaban J connectivity index is 1.74. The summed E-state index contributed by atoms with van der Waals surface area (Å²) in [5.74, 6) is 1.25. The Kier molecular flexibility index (Phi) is 4.96. The molecular formula is C20H16N4O4S. The number of thiazole rings is 1. The van der Waals surface area contributed by atoms with E-state index in [2.05, 4.69) is 20.3 Å². The quantitative estimate of drug-likeness (QED) is 0.489. The molecular weight excluding hydrogens is 392 g/mol. The average Bonchev–Trinajstić information content (AvgIpc) is 3.22. The van der Waals surface area contributed by atoms with Gasteiger partial charge in [-0.1, -0.05) is 12.1 Å². The van der Waals surface area contributed by atoms with Gasteiger partial charge in [0.25, 0.3) is 0 Å². The maximum absolute atomic E-state index is 11.1. The van der Waals surface area contributed by atoms with Crippen LogP contribution in [0.1, 0.15) is 10.4 Å². The minimum absolute atomic E-state index is 0.205. The number of carboxylic acids is 1. The van der Waals surface area contributed by atoms with E-state index in [4.69, 9.17) is 14.6 Å². The van der Waals surface area contributed by atoms with Gasteiger partial charge in [-0.25, -0.2) is 19.7 Å². The third kappa shape index (κ3) is 3.67. The molecule has 0 saturated carbocycles. The Morgan fingerprint density at radius 1 is 1.03 bits per heavy atom. The highest BCUT2D eigenvalue weighted by molar-refractivity contribution is 7.16. The number of anilines is 2. The number of nitrogens with one attached hydrogen (secondary N) is 1. The number of benzene rings is 2. The lowest BCUT2D eigenvalue weighted by atomic mass is 10.1. The molecule has 8 nitrogen and oxygen atoms in total. The van der Waals surface area contributed by atoms with Crippen LogP contribution in [-0.2, 0) is 0 Å². The summed E-state index contributed by atoms with van der Waals surface area (Å²) in [5, 5.41) is 12.3. The Morgan fingerprint density at radius 3 is 2.48 bits per heavy atom. The predicted octanol–water partition coefficient (Wildman–Crippen LogP) is 4.21. The van der Waals surface area contributed by atoms with Crippen molar-refractivity contribution in [3.63, 3.8) is 0 Å². The summed E-state index contributed by atoms with van der Waals surface area (Å²) in [6.07, 6.45) is 0. The number of ether oxygens (including phenoxy) is 2. The van der Waals surface area contributed by atoms with Gasteiger partial charge >= 0.3 is 5.97 Å². The molecule has 0 bridgehead atoms. The normalized spacial score (nSPS) is 10.7. The minimum Gasteiger partial charge on any atom is -0.493 e. The van der Waals surface area contributed by atoms with Crippen molar-refractivity contribution in [2.24, 2.45) is 0 Å². The van der Waals surface area contributed by atoms with Crippen molar-refractivity contribution < 1.29 is 19.4 Å². The summed E-state index contributed by atoms with van der Waals surface area (Å²) in [6.45, 7) is 0. The average molecular weight is 408 g/mol. The molecule has 9 heteroatoms. The zero-order chi connectivity index (χ0) is 20.4. The SMILES string of the molecule is COc1ccc(Nc2nc(-c3ccc(C(=O)O)cc3)nc3scnc23)cc1OC.